The molecular formula is C17H18Cl2N2O. The first kappa shape index (κ1) is 15.6. The predicted molar refractivity (Wildman–Crippen MR) is 89.8 cm³/mol. The topological polar surface area (TPSA) is 34.1 Å². The Balaban J connectivity index is 1.91. The zero-order valence-corrected chi connectivity index (χ0v) is 13.9. The molecule has 116 valence electrons. The Morgan fingerprint density at radius 3 is 2.77 bits per heavy atom. The molecule has 2 heterocycles. The number of hydrogen-bond donors (Lipinski definition) is 1. The second kappa shape index (κ2) is 6.86. The summed E-state index contributed by atoms with van der Waals surface area (Å²) in [6.07, 6.45) is 4.48. The number of benzene rings is 1. The number of nitrogens with one attached hydrogen (secondary N) is 1. The average molecular weight is 337 g/mol. The van der Waals surface area contributed by atoms with Gasteiger partial charge in [0, 0.05) is 35.4 Å². The van der Waals surface area contributed by atoms with Crippen LogP contribution in [0.2, 0.25) is 10.0 Å². The van der Waals surface area contributed by atoms with Gasteiger partial charge in [0.2, 0.25) is 0 Å². The molecule has 0 spiro atoms. The summed E-state index contributed by atoms with van der Waals surface area (Å²) in [5.74, 6) is 1.25. The van der Waals surface area contributed by atoms with E-state index in [9.17, 15) is 0 Å². The van der Waals surface area contributed by atoms with Crippen molar-refractivity contribution in [3.63, 3.8) is 0 Å². The molecule has 0 bridgehead atoms. The van der Waals surface area contributed by atoms with Crippen molar-refractivity contribution in [2.75, 3.05) is 13.1 Å². The minimum absolute atomic E-state index is 0.0684. The van der Waals surface area contributed by atoms with Crippen LogP contribution in [0.4, 0.5) is 0 Å². The van der Waals surface area contributed by atoms with E-state index in [0.717, 1.165) is 36.4 Å². The van der Waals surface area contributed by atoms with Gasteiger partial charge in [-0.3, -0.25) is 4.98 Å². The van der Waals surface area contributed by atoms with Crippen molar-refractivity contribution >= 4 is 23.2 Å². The highest BCUT2D eigenvalue weighted by Crippen LogP contribution is 2.34. The van der Waals surface area contributed by atoms with E-state index in [2.05, 4.69) is 10.3 Å². The Morgan fingerprint density at radius 1 is 1.23 bits per heavy atom. The number of ether oxygens (including phenoxy) is 1. The molecule has 0 aliphatic carbocycles. The van der Waals surface area contributed by atoms with Crippen LogP contribution < -0.4 is 10.1 Å². The lowest BCUT2D eigenvalue weighted by Crippen LogP contribution is -2.21. The molecule has 1 N–H and O–H groups in total. The second-order valence-electron chi connectivity index (χ2n) is 5.64. The summed E-state index contributed by atoms with van der Waals surface area (Å²) in [4.78, 5) is 4.20. The maximum absolute atomic E-state index is 6.33. The van der Waals surface area contributed by atoms with E-state index in [0.29, 0.717) is 16.0 Å². The summed E-state index contributed by atoms with van der Waals surface area (Å²) >= 11 is 12.1. The maximum atomic E-state index is 6.33. The van der Waals surface area contributed by atoms with Gasteiger partial charge in [-0.1, -0.05) is 23.2 Å². The van der Waals surface area contributed by atoms with Crippen LogP contribution in [0.15, 0.2) is 36.7 Å². The predicted octanol–water partition coefficient (Wildman–Crippen LogP) is 4.43. The summed E-state index contributed by atoms with van der Waals surface area (Å²) in [5, 5.41) is 4.74. The van der Waals surface area contributed by atoms with Crippen LogP contribution in [0, 0.1) is 12.8 Å². The minimum Gasteiger partial charge on any atom is -0.485 e. The summed E-state index contributed by atoms with van der Waals surface area (Å²) in [7, 11) is 0. The molecule has 2 atom stereocenters. The Bertz CT molecular complexity index is 657. The van der Waals surface area contributed by atoms with Crippen LogP contribution in [0.1, 0.15) is 23.7 Å². The molecule has 5 heteroatoms. The Kier molecular flexibility index (Phi) is 4.87. The van der Waals surface area contributed by atoms with Gasteiger partial charge in [-0.05, 0) is 49.7 Å². The number of aromatic nitrogens is 1. The zero-order chi connectivity index (χ0) is 15.5. The van der Waals surface area contributed by atoms with Gasteiger partial charge in [0.25, 0.3) is 0 Å². The van der Waals surface area contributed by atoms with Crippen LogP contribution in [0.5, 0.6) is 5.75 Å². The van der Waals surface area contributed by atoms with Gasteiger partial charge in [-0.15, -0.1) is 0 Å². The van der Waals surface area contributed by atoms with Gasteiger partial charge in [0.15, 0.2) is 0 Å². The van der Waals surface area contributed by atoms with Gasteiger partial charge < -0.3 is 10.1 Å². The van der Waals surface area contributed by atoms with Gasteiger partial charge in [-0.2, -0.15) is 0 Å². The van der Waals surface area contributed by atoms with Crippen molar-refractivity contribution in [1.29, 1.82) is 0 Å². The highest BCUT2D eigenvalue weighted by Gasteiger charge is 2.29. The van der Waals surface area contributed by atoms with Crippen LogP contribution >= 0.6 is 23.2 Å². The van der Waals surface area contributed by atoms with E-state index < -0.39 is 0 Å². The van der Waals surface area contributed by atoms with Crippen LogP contribution in [-0.2, 0) is 0 Å². The maximum Gasteiger partial charge on any atom is 0.129 e. The first-order chi connectivity index (χ1) is 10.6. The fourth-order valence-corrected chi connectivity index (χ4v) is 3.25. The third-order valence-corrected chi connectivity index (χ3v) is 4.41. The van der Waals surface area contributed by atoms with Crippen molar-refractivity contribution in [3.05, 3.63) is 57.8 Å². The molecule has 1 saturated heterocycles. The van der Waals surface area contributed by atoms with E-state index in [-0.39, 0.29) is 6.10 Å². The van der Waals surface area contributed by atoms with E-state index in [1.807, 2.05) is 37.4 Å². The summed E-state index contributed by atoms with van der Waals surface area (Å²) in [6, 6.07) is 7.62. The highest BCUT2D eigenvalue weighted by molar-refractivity contribution is 6.30. The minimum atomic E-state index is -0.0684. The van der Waals surface area contributed by atoms with Crippen molar-refractivity contribution in [2.24, 2.45) is 5.92 Å². The average Bonchev–Trinajstić information content (AvgIpc) is 3.00. The molecule has 0 amide bonds. The molecule has 3 nitrogen and oxygen atoms in total. The third-order valence-electron chi connectivity index (χ3n) is 3.97. The number of rotatable bonds is 4. The molecule has 0 radical (unpaired) electrons. The van der Waals surface area contributed by atoms with Crippen molar-refractivity contribution < 1.29 is 4.74 Å². The molecule has 1 aromatic heterocycles. The molecule has 22 heavy (non-hydrogen) atoms. The number of pyridine rings is 1. The largest absolute Gasteiger partial charge is 0.485 e. The molecule has 1 aliphatic rings. The normalized spacial score (nSPS) is 19.1. The smallest absolute Gasteiger partial charge is 0.129 e. The summed E-state index contributed by atoms with van der Waals surface area (Å²) in [5.41, 5.74) is 2.04. The van der Waals surface area contributed by atoms with Crippen LogP contribution in [0.25, 0.3) is 0 Å². The lowest BCUT2D eigenvalue weighted by Gasteiger charge is -2.25. The van der Waals surface area contributed by atoms with E-state index in [1.54, 1.807) is 6.20 Å². The number of halogens is 2. The molecule has 2 aromatic rings. The SMILES string of the molecule is Cc1cc(Cl)ccc1OC(c1cncc(Cl)c1)[C@H]1CCNC1. The van der Waals surface area contributed by atoms with E-state index >= 15 is 0 Å². The van der Waals surface area contributed by atoms with Gasteiger partial charge in [0.05, 0.1) is 5.02 Å². The molecule has 1 fully saturated rings. The quantitative estimate of drug-likeness (QED) is 0.896. The van der Waals surface area contributed by atoms with Crippen LogP contribution in [0.3, 0.4) is 0 Å². The van der Waals surface area contributed by atoms with Gasteiger partial charge in [0.1, 0.15) is 11.9 Å². The van der Waals surface area contributed by atoms with Gasteiger partial charge in [-0.25, -0.2) is 0 Å². The molecule has 3 rings (SSSR count). The van der Waals surface area contributed by atoms with Crippen molar-refractivity contribution in [1.82, 2.24) is 10.3 Å². The number of aryl methyl sites for hydroxylation is 1. The molecule has 1 unspecified atom stereocenters. The fraction of sp³-hybridized carbons (Fsp3) is 0.353. The zero-order valence-electron chi connectivity index (χ0n) is 12.4. The molecule has 0 saturated carbocycles. The lowest BCUT2D eigenvalue weighted by molar-refractivity contribution is 0.143. The molecule has 1 aliphatic heterocycles. The fourth-order valence-electron chi connectivity index (χ4n) is 2.84. The standard InChI is InChI=1S/C17H18Cl2N2O/c1-11-6-14(18)2-3-16(11)22-17(12-4-5-20-8-12)13-7-15(19)10-21-9-13/h2-3,6-7,9-10,12,17,20H,4-5,8H2,1H3/t12-,17?/m0/s1. The highest BCUT2D eigenvalue weighted by atomic mass is 35.5. The van der Waals surface area contributed by atoms with Crippen molar-refractivity contribution in [3.8, 4) is 5.75 Å². The Morgan fingerprint density at radius 2 is 2.09 bits per heavy atom. The summed E-state index contributed by atoms with van der Waals surface area (Å²) < 4.78 is 6.33. The lowest BCUT2D eigenvalue weighted by atomic mass is 9.95. The monoisotopic (exact) mass is 336 g/mol. The Hall–Kier alpha value is -1.29. The number of nitrogens with zero attached hydrogens (tertiary/aromatic N) is 1. The van der Waals surface area contributed by atoms with Crippen molar-refractivity contribution in [2.45, 2.75) is 19.4 Å². The van der Waals surface area contributed by atoms with E-state index in [4.69, 9.17) is 27.9 Å². The molecular weight excluding hydrogens is 319 g/mol. The van der Waals surface area contributed by atoms with Crippen LogP contribution in [-0.4, -0.2) is 18.1 Å². The Labute approximate surface area is 140 Å². The molecule has 1 aromatic carbocycles. The first-order valence-electron chi connectivity index (χ1n) is 7.37. The number of hydrogen-bond acceptors (Lipinski definition) is 3. The summed E-state index contributed by atoms with van der Waals surface area (Å²) in [6.45, 7) is 3.95. The van der Waals surface area contributed by atoms with E-state index in [1.165, 1.54) is 0 Å². The second-order valence-corrected chi connectivity index (χ2v) is 6.51. The third kappa shape index (κ3) is 3.54. The van der Waals surface area contributed by atoms with Gasteiger partial charge >= 0.3 is 0 Å². The first-order valence-corrected chi connectivity index (χ1v) is 8.13.